The highest BCUT2D eigenvalue weighted by atomic mass is 19.1. The van der Waals surface area contributed by atoms with Gasteiger partial charge in [0.25, 0.3) is 0 Å². The number of hydrogen-bond acceptors (Lipinski definition) is 3. The summed E-state index contributed by atoms with van der Waals surface area (Å²) in [6.07, 6.45) is 0. The van der Waals surface area contributed by atoms with Gasteiger partial charge >= 0.3 is 0 Å². The number of benzene rings is 2. The van der Waals surface area contributed by atoms with Gasteiger partial charge in [0.05, 0.1) is 23.5 Å². The number of hydrogen-bond donors (Lipinski definition) is 2. The van der Waals surface area contributed by atoms with E-state index in [0.29, 0.717) is 17.3 Å². The Hall–Kier alpha value is -2.94. The Bertz CT molecular complexity index is 710. The molecule has 0 saturated heterocycles. The van der Waals surface area contributed by atoms with Crippen molar-refractivity contribution in [1.82, 2.24) is 0 Å². The lowest BCUT2D eigenvalue weighted by atomic mass is 10.2. The lowest BCUT2D eigenvalue weighted by Crippen LogP contribution is -2.22. The summed E-state index contributed by atoms with van der Waals surface area (Å²) in [5.41, 5.74) is 0.810. The molecule has 21 heavy (non-hydrogen) atoms. The first kappa shape index (κ1) is 14.5. The number of carbonyl (C=O) groups is 1. The summed E-state index contributed by atoms with van der Waals surface area (Å²) in [6, 6.07) is 11.6. The highest BCUT2D eigenvalue weighted by Gasteiger charge is 2.08. The monoisotopic (exact) mass is 287 g/mol. The SMILES string of the molecule is N#Cc1ccccc1NCC(=O)Nc1ccc(F)cc1F. The number of nitrogens with one attached hydrogen (secondary N) is 2. The predicted molar refractivity (Wildman–Crippen MR) is 74.6 cm³/mol. The van der Waals surface area contributed by atoms with E-state index in [0.717, 1.165) is 12.1 Å². The van der Waals surface area contributed by atoms with Gasteiger partial charge in [-0.1, -0.05) is 12.1 Å². The highest BCUT2D eigenvalue weighted by Crippen LogP contribution is 2.15. The van der Waals surface area contributed by atoms with Crippen LogP contribution in [0.4, 0.5) is 20.2 Å². The quantitative estimate of drug-likeness (QED) is 0.908. The zero-order valence-electron chi connectivity index (χ0n) is 10.9. The van der Waals surface area contributed by atoms with Gasteiger partial charge < -0.3 is 10.6 Å². The van der Waals surface area contributed by atoms with E-state index >= 15 is 0 Å². The molecule has 1 amide bonds. The van der Waals surface area contributed by atoms with E-state index in [1.165, 1.54) is 0 Å². The molecule has 0 bridgehead atoms. The molecule has 0 aromatic heterocycles. The molecule has 106 valence electrons. The molecule has 2 rings (SSSR count). The Balaban J connectivity index is 1.98. The highest BCUT2D eigenvalue weighted by molar-refractivity contribution is 5.94. The van der Waals surface area contributed by atoms with Crippen LogP contribution in [0.3, 0.4) is 0 Å². The van der Waals surface area contributed by atoms with Crippen molar-refractivity contribution in [3.05, 3.63) is 59.7 Å². The van der Waals surface area contributed by atoms with Crippen LogP contribution in [0.2, 0.25) is 0 Å². The number of halogens is 2. The molecule has 2 N–H and O–H groups in total. The summed E-state index contributed by atoms with van der Waals surface area (Å²) in [7, 11) is 0. The van der Waals surface area contributed by atoms with Crippen LogP contribution in [0.1, 0.15) is 5.56 Å². The maximum Gasteiger partial charge on any atom is 0.243 e. The van der Waals surface area contributed by atoms with Crippen molar-refractivity contribution in [3.8, 4) is 6.07 Å². The van der Waals surface area contributed by atoms with E-state index < -0.39 is 17.5 Å². The first-order valence-corrected chi connectivity index (χ1v) is 6.08. The van der Waals surface area contributed by atoms with Crippen molar-refractivity contribution in [3.63, 3.8) is 0 Å². The van der Waals surface area contributed by atoms with E-state index in [9.17, 15) is 13.6 Å². The summed E-state index contributed by atoms with van der Waals surface area (Å²) in [5.74, 6) is -2.07. The minimum Gasteiger partial charge on any atom is -0.375 e. The molecule has 0 heterocycles. The molecule has 6 heteroatoms. The third kappa shape index (κ3) is 3.76. The molecule has 0 fully saturated rings. The van der Waals surface area contributed by atoms with Crippen molar-refractivity contribution in [2.24, 2.45) is 0 Å². The Kier molecular flexibility index (Phi) is 4.46. The molecule has 0 atom stereocenters. The van der Waals surface area contributed by atoms with Crippen LogP contribution in [0, 0.1) is 23.0 Å². The average molecular weight is 287 g/mol. The molecule has 2 aromatic rings. The van der Waals surface area contributed by atoms with Gasteiger partial charge in [0.2, 0.25) is 5.91 Å². The number of anilines is 2. The number of carbonyl (C=O) groups excluding carboxylic acids is 1. The second-order valence-corrected chi connectivity index (χ2v) is 4.18. The van der Waals surface area contributed by atoms with Crippen LogP contribution < -0.4 is 10.6 Å². The van der Waals surface area contributed by atoms with Gasteiger partial charge in [0.1, 0.15) is 17.7 Å². The zero-order valence-corrected chi connectivity index (χ0v) is 10.9. The molecule has 0 spiro atoms. The fourth-order valence-electron chi connectivity index (χ4n) is 1.70. The molecule has 2 aromatic carbocycles. The lowest BCUT2D eigenvalue weighted by Gasteiger charge is -2.09. The maximum atomic E-state index is 13.4. The Morgan fingerprint density at radius 3 is 2.62 bits per heavy atom. The summed E-state index contributed by atoms with van der Waals surface area (Å²) in [6.45, 7) is -0.143. The number of rotatable bonds is 4. The van der Waals surface area contributed by atoms with Crippen molar-refractivity contribution >= 4 is 17.3 Å². The van der Waals surface area contributed by atoms with E-state index in [1.807, 2.05) is 6.07 Å². The number of nitrogens with zero attached hydrogens (tertiary/aromatic N) is 1. The normalized spacial score (nSPS) is 9.76. The minimum absolute atomic E-state index is 0.100. The minimum atomic E-state index is -0.847. The van der Waals surface area contributed by atoms with Gasteiger partial charge in [-0.25, -0.2) is 8.78 Å². The Labute approximate surface area is 120 Å². The molecule has 0 aliphatic carbocycles. The lowest BCUT2D eigenvalue weighted by molar-refractivity contribution is -0.114. The number of amides is 1. The molecule has 0 unspecified atom stereocenters. The predicted octanol–water partition coefficient (Wildman–Crippen LogP) is 2.89. The van der Waals surface area contributed by atoms with Crippen molar-refractivity contribution in [2.45, 2.75) is 0 Å². The first-order chi connectivity index (χ1) is 10.1. The molecule has 0 radical (unpaired) electrons. The van der Waals surface area contributed by atoms with Crippen LogP contribution >= 0.6 is 0 Å². The molecule has 0 saturated carbocycles. The summed E-state index contributed by atoms with van der Waals surface area (Å²) in [5, 5.41) is 14.0. The van der Waals surface area contributed by atoms with Crippen molar-refractivity contribution in [2.75, 3.05) is 17.2 Å². The van der Waals surface area contributed by atoms with Crippen LogP contribution in [0.25, 0.3) is 0 Å². The summed E-state index contributed by atoms with van der Waals surface area (Å²) in [4.78, 5) is 11.7. The van der Waals surface area contributed by atoms with E-state index in [2.05, 4.69) is 10.6 Å². The standard InChI is InChI=1S/C15H11F2N3O/c16-11-5-6-14(12(17)7-11)20-15(21)9-19-13-4-2-1-3-10(13)8-18/h1-7,19H,9H2,(H,20,21). The number of nitriles is 1. The fraction of sp³-hybridized carbons (Fsp3) is 0.0667. The maximum absolute atomic E-state index is 13.4. The van der Waals surface area contributed by atoms with Crippen LogP contribution in [0.15, 0.2) is 42.5 Å². The second kappa shape index (κ2) is 6.48. The first-order valence-electron chi connectivity index (χ1n) is 6.08. The fourth-order valence-corrected chi connectivity index (χ4v) is 1.70. The van der Waals surface area contributed by atoms with Gasteiger partial charge in [-0.3, -0.25) is 4.79 Å². The van der Waals surface area contributed by atoms with Gasteiger partial charge in [-0.15, -0.1) is 0 Å². The van der Waals surface area contributed by atoms with Gasteiger partial charge in [0, 0.05) is 6.07 Å². The van der Waals surface area contributed by atoms with E-state index in [1.54, 1.807) is 24.3 Å². The van der Waals surface area contributed by atoms with Crippen molar-refractivity contribution in [1.29, 1.82) is 5.26 Å². The molecule has 0 aliphatic heterocycles. The molecule has 0 aliphatic rings. The third-order valence-electron chi connectivity index (χ3n) is 2.69. The average Bonchev–Trinajstić information content (AvgIpc) is 2.48. The third-order valence-corrected chi connectivity index (χ3v) is 2.69. The van der Waals surface area contributed by atoms with Crippen LogP contribution in [0.5, 0.6) is 0 Å². The summed E-state index contributed by atoms with van der Waals surface area (Å²) >= 11 is 0. The summed E-state index contributed by atoms with van der Waals surface area (Å²) < 4.78 is 26.1. The molecular formula is C15H11F2N3O. The van der Waals surface area contributed by atoms with Gasteiger partial charge in [0.15, 0.2) is 0 Å². The van der Waals surface area contributed by atoms with Crippen LogP contribution in [-0.2, 0) is 4.79 Å². The Morgan fingerprint density at radius 1 is 1.14 bits per heavy atom. The number of para-hydroxylation sites is 1. The van der Waals surface area contributed by atoms with Crippen molar-refractivity contribution < 1.29 is 13.6 Å². The van der Waals surface area contributed by atoms with Crippen LogP contribution in [-0.4, -0.2) is 12.5 Å². The Morgan fingerprint density at radius 2 is 1.90 bits per heavy atom. The topological polar surface area (TPSA) is 64.9 Å². The molecular weight excluding hydrogens is 276 g/mol. The van der Waals surface area contributed by atoms with E-state index in [4.69, 9.17) is 5.26 Å². The smallest absolute Gasteiger partial charge is 0.243 e. The molecule has 4 nitrogen and oxygen atoms in total. The zero-order chi connectivity index (χ0) is 15.2. The van der Waals surface area contributed by atoms with Gasteiger partial charge in [-0.2, -0.15) is 5.26 Å². The second-order valence-electron chi connectivity index (χ2n) is 4.18. The van der Waals surface area contributed by atoms with Gasteiger partial charge in [-0.05, 0) is 24.3 Å². The largest absolute Gasteiger partial charge is 0.375 e. The van der Waals surface area contributed by atoms with E-state index in [-0.39, 0.29) is 12.2 Å².